The first-order valence-electron chi connectivity index (χ1n) is 23.4. The molecule has 1 heterocycles. The molecule has 398 valence electrons. The highest BCUT2D eigenvalue weighted by Gasteiger charge is 2.39. The summed E-state index contributed by atoms with van der Waals surface area (Å²) in [5.41, 5.74) is 38.5. The van der Waals surface area contributed by atoms with E-state index in [9.17, 15) is 53.4 Å². The van der Waals surface area contributed by atoms with Gasteiger partial charge in [0.15, 0.2) is 5.96 Å². The first-order valence-corrected chi connectivity index (χ1v) is 24.8. The lowest BCUT2D eigenvalue weighted by atomic mass is 10.1. The molecule has 0 bridgehead atoms. The lowest BCUT2D eigenvalue weighted by Gasteiger charge is -2.30. The summed E-state index contributed by atoms with van der Waals surface area (Å²) in [6.07, 6.45) is 5.13. The zero-order valence-corrected chi connectivity index (χ0v) is 41.1. The van der Waals surface area contributed by atoms with Crippen LogP contribution in [0.25, 0.3) is 0 Å². The number of carboxylic acid groups (broad SMARTS) is 1. The maximum atomic E-state index is 14.1. The third-order valence-corrected chi connectivity index (χ3v) is 11.6. The van der Waals surface area contributed by atoms with Crippen LogP contribution in [0, 0.1) is 0 Å². The Morgan fingerprint density at radius 3 is 1.99 bits per heavy atom. The SMILES string of the molecule is CSCC[C@H](NC(=O)[C@@H]1CCCN1C(=O)[C@@H](CCCN)NC(=O)CNC(=O)[C@H](C)NC(=O)[C@@H](NC(=O)[C@@H](N)CCCCN)C(O)CN)C(=O)N[C@@H](CCCCN)C(=O)N/C(=C\CCN=C(N)N)C(=O)O. The third-order valence-electron chi connectivity index (χ3n) is 10.9. The quantitative estimate of drug-likeness (QED) is 0.0122. The molecule has 0 aromatic heterocycles. The number of carboxylic acids is 1. The van der Waals surface area contributed by atoms with E-state index in [1.54, 1.807) is 6.26 Å². The number of likely N-dealkylation sites (tertiary alicyclic amines) is 1. The number of aliphatic hydroxyl groups is 1. The molecule has 1 fully saturated rings. The molecule has 0 spiro atoms. The Morgan fingerprint density at radius 1 is 0.757 bits per heavy atom. The van der Waals surface area contributed by atoms with E-state index in [0.29, 0.717) is 57.4 Å². The van der Waals surface area contributed by atoms with Gasteiger partial charge in [-0.05, 0) is 109 Å². The number of aliphatic imine (C=N–C) groups is 1. The van der Waals surface area contributed by atoms with Gasteiger partial charge in [0.1, 0.15) is 41.9 Å². The topological polar surface area (TPSA) is 476 Å². The van der Waals surface area contributed by atoms with Crippen LogP contribution in [0.15, 0.2) is 16.8 Å². The maximum absolute atomic E-state index is 14.1. The molecule has 0 aromatic carbocycles. The number of nitrogens with zero attached hydrogens (tertiary/aromatic N) is 2. The van der Waals surface area contributed by atoms with Crippen molar-refractivity contribution in [1.29, 1.82) is 0 Å². The number of nitrogens with two attached hydrogens (primary N) is 7. The minimum Gasteiger partial charge on any atom is -0.477 e. The van der Waals surface area contributed by atoms with Crippen molar-refractivity contribution < 1.29 is 53.4 Å². The van der Waals surface area contributed by atoms with Crippen LogP contribution in [0.5, 0.6) is 0 Å². The van der Waals surface area contributed by atoms with Crippen LogP contribution in [-0.4, -0.2) is 181 Å². The van der Waals surface area contributed by atoms with Gasteiger partial charge in [0.25, 0.3) is 0 Å². The number of carbonyl (C=O) groups is 9. The molecule has 0 aliphatic carbocycles. The largest absolute Gasteiger partial charge is 0.477 e. The fraction of sp³-hybridized carbons (Fsp3) is 0.714. The zero-order chi connectivity index (χ0) is 52.8. The number of guanidine groups is 1. The van der Waals surface area contributed by atoms with E-state index >= 15 is 0 Å². The molecule has 8 amide bonds. The molecule has 1 aliphatic heterocycles. The molecule has 70 heavy (non-hydrogen) atoms. The molecule has 0 aromatic rings. The summed E-state index contributed by atoms with van der Waals surface area (Å²) in [5, 5.41) is 37.5. The van der Waals surface area contributed by atoms with Gasteiger partial charge in [-0.3, -0.25) is 43.3 Å². The van der Waals surface area contributed by atoms with Crippen LogP contribution in [0.3, 0.4) is 0 Å². The first kappa shape index (κ1) is 62.4. The number of aliphatic hydroxyl groups excluding tert-OH is 1. The van der Waals surface area contributed by atoms with Gasteiger partial charge < -0.3 is 92.5 Å². The Morgan fingerprint density at radius 2 is 1.39 bits per heavy atom. The normalized spacial score (nSPS) is 16.5. The van der Waals surface area contributed by atoms with E-state index in [1.807, 2.05) is 0 Å². The molecule has 28 heteroatoms. The number of aliphatic carboxylic acids is 1. The lowest BCUT2D eigenvalue weighted by Crippen LogP contribution is -2.60. The van der Waals surface area contributed by atoms with Crippen molar-refractivity contribution in [2.24, 2.45) is 45.1 Å². The molecular formula is C42H78N16O11S. The van der Waals surface area contributed by atoms with Gasteiger partial charge in [-0.2, -0.15) is 11.8 Å². The molecule has 1 aliphatic rings. The number of rotatable bonds is 35. The number of hydrogen-bond donors (Lipinski definition) is 16. The minimum absolute atomic E-state index is 0.0582. The molecule has 0 radical (unpaired) electrons. The van der Waals surface area contributed by atoms with E-state index in [1.165, 1.54) is 29.7 Å². The van der Waals surface area contributed by atoms with Crippen LogP contribution in [0.4, 0.5) is 0 Å². The molecule has 1 unspecified atom stereocenters. The van der Waals surface area contributed by atoms with Crippen LogP contribution >= 0.6 is 11.8 Å². The molecule has 8 atom stereocenters. The van der Waals surface area contributed by atoms with E-state index < -0.39 is 120 Å². The lowest BCUT2D eigenvalue weighted by molar-refractivity contribution is -0.142. The van der Waals surface area contributed by atoms with Crippen molar-refractivity contribution in [1.82, 2.24) is 42.1 Å². The molecule has 0 saturated carbocycles. The van der Waals surface area contributed by atoms with Crippen molar-refractivity contribution >= 4 is 70.9 Å². The Hall–Kier alpha value is -5.65. The number of nitrogens with one attached hydrogen (secondary N) is 7. The fourth-order valence-electron chi connectivity index (χ4n) is 7.01. The summed E-state index contributed by atoms with van der Waals surface area (Å²) in [5.74, 6) is -7.31. The van der Waals surface area contributed by atoms with Crippen LogP contribution in [-0.2, 0) is 43.2 Å². The van der Waals surface area contributed by atoms with E-state index in [0.717, 1.165) is 0 Å². The Bertz CT molecular complexity index is 1790. The summed E-state index contributed by atoms with van der Waals surface area (Å²) in [6.45, 7) is 1.30. The van der Waals surface area contributed by atoms with Crippen LogP contribution in [0.2, 0.25) is 0 Å². The van der Waals surface area contributed by atoms with Gasteiger partial charge in [-0.15, -0.1) is 0 Å². The maximum Gasteiger partial charge on any atom is 0.352 e. The first-order chi connectivity index (χ1) is 33.3. The summed E-state index contributed by atoms with van der Waals surface area (Å²) < 4.78 is 0. The molecule has 1 rings (SSSR count). The predicted molar refractivity (Wildman–Crippen MR) is 262 cm³/mol. The van der Waals surface area contributed by atoms with Crippen molar-refractivity contribution in [2.45, 2.75) is 132 Å². The standard InChI is InChI=1S/C42H78N16O11S/c1-24(52-39(66)33(31(59)22-46)57-35(62)25(47)10-3-5-16-43)34(61)51-23-32(60)53-28(12-7-18-45)40(67)58-20-9-14-30(58)38(65)55-27(15-21-70-2)37(64)54-26(11-4-6-17-44)36(63)56-29(41(68)69)13-8-19-50-42(48)49/h13,24-28,30-31,33,59H,3-12,14-23,43-47H2,1-2H3,(H,51,61)(H,52,66)(H,53,60)(H,54,64)(H,55,65)(H,56,63)(H,57,62)(H,68,69)(H4,48,49,50)/b29-13-/t24-,25-,26-,27-,28+,30-,31?,33-/m0/s1. The second-order valence-electron chi connectivity index (χ2n) is 16.6. The van der Waals surface area contributed by atoms with Crippen molar-refractivity contribution in [3.8, 4) is 0 Å². The Balaban J connectivity index is 3.11. The second kappa shape index (κ2) is 34.6. The summed E-state index contributed by atoms with van der Waals surface area (Å²) in [4.78, 5) is 124. The second-order valence-corrected chi connectivity index (χ2v) is 17.6. The molecule has 1 saturated heterocycles. The molecule has 27 nitrogen and oxygen atoms in total. The van der Waals surface area contributed by atoms with E-state index in [4.69, 9.17) is 40.1 Å². The fourth-order valence-corrected chi connectivity index (χ4v) is 7.48. The van der Waals surface area contributed by atoms with Crippen molar-refractivity contribution in [3.63, 3.8) is 0 Å². The minimum atomic E-state index is -1.55. The number of amides is 8. The van der Waals surface area contributed by atoms with Gasteiger partial charge in [0, 0.05) is 19.6 Å². The summed E-state index contributed by atoms with van der Waals surface area (Å²) >= 11 is 1.40. The highest BCUT2D eigenvalue weighted by Crippen LogP contribution is 2.20. The average Bonchev–Trinajstić information content (AvgIpc) is 3.82. The highest BCUT2D eigenvalue weighted by molar-refractivity contribution is 7.98. The van der Waals surface area contributed by atoms with Crippen LogP contribution < -0.4 is 77.4 Å². The Kier molecular flexibility index (Phi) is 30.8. The van der Waals surface area contributed by atoms with Crippen LogP contribution in [0.1, 0.15) is 84.0 Å². The molecule has 23 N–H and O–H groups in total. The predicted octanol–water partition coefficient (Wildman–Crippen LogP) is -6.32. The van der Waals surface area contributed by atoms with E-state index in [2.05, 4.69) is 42.2 Å². The Labute approximate surface area is 412 Å². The smallest absolute Gasteiger partial charge is 0.352 e. The highest BCUT2D eigenvalue weighted by atomic mass is 32.2. The molecular weight excluding hydrogens is 937 g/mol. The number of hydrogen-bond acceptors (Lipinski definition) is 17. The third kappa shape index (κ3) is 23.3. The van der Waals surface area contributed by atoms with Crippen molar-refractivity contribution in [3.05, 3.63) is 11.8 Å². The number of carbonyl (C=O) groups excluding carboxylic acids is 8. The monoisotopic (exact) mass is 1010 g/mol. The van der Waals surface area contributed by atoms with Gasteiger partial charge in [-0.1, -0.05) is 12.5 Å². The van der Waals surface area contributed by atoms with Gasteiger partial charge in [0.05, 0.1) is 18.7 Å². The van der Waals surface area contributed by atoms with E-state index in [-0.39, 0.29) is 64.1 Å². The number of unbranched alkanes of at least 4 members (excludes halogenated alkanes) is 2. The average molecular weight is 1020 g/mol. The number of thioether (sulfide) groups is 1. The van der Waals surface area contributed by atoms with Crippen molar-refractivity contribution in [2.75, 3.05) is 57.8 Å². The summed E-state index contributed by atoms with van der Waals surface area (Å²) in [7, 11) is 0. The van der Waals surface area contributed by atoms with Gasteiger partial charge >= 0.3 is 5.97 Å². The van der Waals surface area contributed by atoms with Gasteiger partial charge in [0.2, 0.25) is 47.3 Å². The summed E-state index contributed by atoms with van der Waals surface area (Å²) in [6, 6.07) is -8.46. The zero-order valence-electron chi connectivity index (χ0n) is 40.3. The van der Waals surface area contributed by atoms with Gasteiger partial charge in [-0.25, -0.2) is 4.79 Å².